The highest BCUT2D eigenvalue weighted by Crippen LogP contribution is 2.18. The summed E-state index contributed by atoms with van der Waals surface area (Å²) >= 11 is 0. The van der Waals surface area contributed by atoms with Crippen LogP contribution in [0.25, 0.3) is 0 Å². The Balaban J connectivity index is 3.07. The molecule has 0 aromatic rings. The van der Waals surface area contributed by atoms with Crippen molar-refractivity contribution in [1.82, 2.24) is 0 Å². The quantitative estimate of drug-likeness (QED) is 0.222. The molecule has 0 unspecified atom stereocenters. The topological polar surface area (TPSA) is 9.23 Å². The fourth-order valence-electron chi connectivity index (χ4n) is 0.468. The fourth-order valence-corrected chi connectivity index (χ4v) is 1.59. The van der Waals surface area contributed by atoms with Crippen molar-refractivity contribution in [2.45, 2.75) is 20.7 Å². The molecule has 0 aliphatic rings. The number of hydrogen-bond donors (Lipinski definition) is 0. The molecule has 0 saturated carbocycles. The summed E-state index contributed by atoms with van der Waals surface area (Å²) in [4.78, 5) is 0. The molecule has 0 rings (SSSR count). The highest BCUT2D eigenvalue weighted by atomic mass is 33.1. The Morgan fingerprint density at radius 2 is 2.25 bits per heavy atom. The molecule has 0 saturated heterocycles. The van der Waals surface area contributed by atoms with E-state index in [2.05, 4.69) is 25.7 Å². The maximum Gasteiger partial charge on any atom is 0.203 e. The van der Waals surface area contributed by atoms with Crippen molar-refractivity contribution in [3.05, 3.63) is 0 Å². The van der Waals surface area contributed by atoms with Crippen LogP contribution in [0, 0.1) is 17.8 Å². The van der Waals surface area contributed by atoms with Crippen LogP contribution in [0.3, 0.4) is 0 Å². The minimum absolute atomic E-state index is 0.444. The molecule has 0 heterocycles. The third kappa shape index (κ3) is 10.3. The van der Waals surface area contributed by atoms with E-state index in [1.165, 1.54) is 0 Å². The molecular weight excluding hydrogens is 187 g/mol. The summed E-state index contributed by atoms with van der Waals surface area (Å²) < 4.78 is 5.23. The van der Waals surface area contributed by atoms with Gasteiger partial charge in [0.2, 0.25) is 6.56 Å². The minimum atomic E-state index is 0.444. The lowest BCUT2D eigenvalue weighted by Gasteiger charge is -1.96. The van der Waals surface area contributed by atoms with Crippen LogP contribution < -0.4 is 0 Å². The van der Waals surface area contributed by atoms with Gasteiger partial charge < -0.3 is 4.74 Å². The van der Waals surface area contributed by atoms with E-state index in [-0.39, 0.29) is 0 Å². The second-order valence-corrected chi connectivity index (χ2v) is 4.81. The number of ether oxygens (including phenoxy) is 1. The van der Waals surface area contributed by atoms with Gasteiger partial charge in [0.05, 0.1) is 0 Å². The Hall–Kier alpha value is 0.285. The van der Waals surface area contributed by atoms with E-state index >= 15 is 0 Å². The van der Waals surface area contributed by atoms with Crippen molar-refractivity contribution in [3.8, 4) is 11.8 Å². The van der Waals surface area contributed by atoms with Crippen molar-refractivity contribution >= 4 is 28.0 Å². The molecule has 0 atom stereocenters. The zero-order chi connectivity index (χ0) is 9.23. The molecule has 12 heavy (non-hydrogen) atoms. The van der Waals surface area contributed by atoms with Crippen LogP contribution in [0.2, 0.25) is 6.82 Å². The lowest BCUT2D eigenvalue weighted by Crippen LogP contribution is -1.90. The van der Waals surface area contributed by atoms with Crippen molar-refractivity contribution in [2.24, 2.45) is 5.92 Å². The summed E-state index contributed by atoms with van der Waals surface area (Å²) in [6.07, 6.45) is 0. The lowest BCUT2D eigenvalue weighted by molar-refractivity contribution is 0.223. The van der Waals surface area contributed by atoms with Crippen LogP contribution >= 0.6 is 21.4 Å². The normalized spacial score (nSPS) is 9.33. The third-order valence-electron chi connectivity index (χ3n) is 0.861. The smallest absolute Gasteiger partial charge is 0.203 e. The van der Waals surface area contributed by atoms with E-state index in [1.54, 1.807) is 21.4 Å². The molecule has 0 aliphatic heterocycles. The van der Waals surface area contributed by atoms with Crippen LogP contribution in [0.1, 0.15) is 13.8 Å². The molecule has 0 aromatic heterocycles. The van der Waals surface area contributed by atoms with E-state index in [9.17, 15) is 0 Å². The van der Waals surface area contributed by atoms with Gasteiger partial charge in [-0.3, -0.25) is 0 Å². The van der Waals surface area contributed by atoms with Gasteiger partial charge >= 0.3 is 0 Å². The largest absolute Gasteiger partial charge is 0.357 e. The Bertz CT molecular complexity index is 151. The highest BCUT2D eigenvalue weighted by molar-refractivity contribution is 8.85. The summed E-state index contributed by atoms with van der Waals surface area (Å²) in [5.74, 6) is 7.15. The summed E-state index contributed by atoms with van der Waals surface area (Å²) in [7, 11) is 3.37. The standard InChI is InChI=1S/C8H14BOS2/c1-8(2)5-4-6-10-7-11-12-9-3/h8H,6-7H2,1-3H3. The van der Waals surface area contributed by atoms with Crippen molar-refractivity contribution in [3.63, 3.8) is 0 Å². The number of rotatable bonds is 5. The SMILES string of the molecule is C[B]SSCOCC#CC(C)C. The van der Waals surface area contributed by atoms with Gasteiger partial charge in [0.25, 0.3) is 0 Å². The second-order valence-electron chi connectivity index (χ2n) is 2.39. The molecule has 0 aromatic carbocycles. The first kappa shape index (κ1) is 12.3. The van der Waals surface area contributed by atoms with E-state index in [1.807, 2.05) is 13.4 Å². The predicted molar refractivity (Wildman–Crippen MR) is 60.2 cm³/mol. The Labute approximate surface area is 83.9 Å². The van der Waals surface area contributed by atoms with Gasteiger partial charge in [0, 0.05) is 5.92 Å². The summed E-state index contributed by atoms with van der Waals surface area (Å²) in [6, 6.07) is 0. The molecule has 1 radical (unpaired) electrons. The first-order valence-corrected chi connectivity index (χ1v) is 6.27. The first-order valence-electron chi connectivity index (χ1n) is 3.89. The molecule has 0 fully saturated rings. The molecule has 0 spiro atoms. The van der Waals surface area contributed by atoms with Crippen LogP contribution in [-0.2, 0) is 4.74 Å². The van der Waals surface area contributed by atoms with E-state index in [0.717, 1.165) is 0 Å². The molecule has 0 aliphatic carbocycles. The number of hydrogen-bond acceptors (Lipinski definition) is 3. The lowest BCUT2D eigenvalue weighted by atomic mass is 10.2. The van der Waals surface area contributed by atoms with Crippen molar-refractivity contribution in [1.29, 1.82) is 0 Å². The average Bonchev–Trinajstić information content (AvgIpc) is 2.02. The Kier molecular flexibility index (Phi) is 9.60. The molecule has 1 nitrogen and oxygen atoms in total. The first-order chi connectivity index (χ1) is 5.77. The third-order valence-corrected chi connectivity index (χ3v) is 2.73. The average molecular weight is 201 g/mol. The van der Waals surface area contributed by atoms with Gasteiger partial charge in [-0.05, 0) is 0 Å². The minimum Gasteiger partial charge on any atom is -0.357 e. The van der Waals surface area contributed by atoms with E-state index < -0.39 is 0 Å². The Morgan fingerprint density at radius 1 is 1.50 bits per heavy atom. The van der Waals surface area contributed by atoms with Crippen LogP contribution in [0.4, 0.5) is 0 Å². The van der Waals surface area contributed by atoms with E-state index in [4.69, 9.17) is 4.74 Å². The van der Waals surface area contributed by atoms with Crippen LogP contribution in [0.15, 0.2) is 0 Å². The van der Waals surface area contributed by atoms with Gasteiger partial charge in [-0.15, -0.1) is 0 Å². The maximum absolute atomic E-state index is 5.23. The van der Waals surface area contributed by atoms with E-state index in [0.29, 0.717) is 18.5 Å². The van der Waals surface area contributed by atoms with Gasteiger partial charge in [0.1, 0.15) is 12.5 Å². The zero-order valence-electron chi connectivity index (χ0n) is 7.79. The predicted octanol–water partition coefficient (Wildman–Crippen LogP) is 2.67. The van der Waals surface area contributed by atoms with Gasteiger partial charge in [-0.2, -0.15) is 10.6 Å². The van der Waals surface area contributed by atoms with Crippen LogP contribution in [-0.4, -0.2) is 19.1 Å². The Morgan fingerprint density at radius 3 is 2.83 bits per heavy atom. The van der Waals surface area contributed by atoms with Gasteiger partial charge in [-0.1, -0.05) is 43.3 Å². The molecule has 0 bridgehead atoms. The summed E-state index contributed by atoms with van der Waals surface area (Å²) in [5, 5.41) is 0. The van der Waals surface area contributed by atoms with Gasteiger partial charge in [-0.25, -0.2) is 0 Å². The second kappa shape index (κ2) is 9.37. The van der Waals surface area contributed by atoms with Gasteiger partial charge in [0.15, 0.2) is 0 Å². The zero-order valence-corrected chi connectivity index (χ0v) is 9.43. The summed E-state index contributed by atoms with van der Waals surface area (Å²) in [6.45, 7) is 8.74. The maximum atomic E-state index is 5.23. The fraction of sp³-hybridized carbons (Fsp3) is 0.750. The highest BCUT2D eigenvalue weighted by Gasteiger charge is 1.86. The van der Waals surface area contributed by atoms with Crippen molar-refractivity contribution < 1.29 is 4.74 Å². The molecule has 4 heteroatoms. The monoisotopic (exact) mass is 201 g/mol. The van der Waals surface area contributed by atoms with Crippen LogP contribution in [0.5, 0.6) is 0 Å². The van der Waals surface area contributed by atoms with Crippen molar-refractivity contribution in [2.75, 3.05) is 12.5 Å². The molecule has 67 valence electrons. The molecule has 0 N–H and O–H groups in total. The summed E-state index contributed by atoms with van der Waals surface area (Å²) in [5.41, 5.74) is 0. The molecular formula is C8H14BOS2. The molecule has 0 amide bonds.